The van der Waals surface area contributed by atoms with Gasteiger partial charge in [-0.2, -0.15) is 0 Å². The fourth-order valence-electron chi connectivity index (χ4n) is 3.00. The monoisotopic (exact) mass is 309 g/mol. The molecule has 2 heterocycles. The summed E-state index contributed by atoms with van der Waals surface area (Å²) in [6, 6.07) is 1.22. The summed E-state index contributed by atoms with van der Waals surface area (Å²) in [4.78, 5) is 27.6. The summed E-state index contributed by atoms with van der Waals surface area (Å²) in [5.41, 5.74) is 1.13. The minimum absolute atomic E-state index is 0.121. The Morgan fingerprint density at radius 1 is 1.43 bits per heavy atom. The highest BCUT2D eigenvalue weighted by Gasteiger charge is 2.36. The van der Waals surface area contributed by atoms with Crippen molar-refractivity contribution < 1.29 is 14.7 Å². The number of carbonyl (C=O) groups excluding carboxylic acids is 1. The van der Waals surface area contributed by atoms with Crippen molar-refractivity contribution in [1.29, 1.82) is 0 Å². The van der Waals surface area contributed by atoms with Gasteiger partial charge in [0.05, 0.1) is 4.88 Å². The van der Waals surface area contributed by atoms with Crippen LogP contribution in [0.25, 0.3) is 0 Å². The summed E-state index contributed by atoms with van der Waals surface area (Å²) in [6.45, 7) is 6.70. The zero-order chi connectivity index (χ0) is 15.6. The molecule has 2 rings (SSSR count). The number of amides is 1. The highest BCUT2D eigenvalue weighted by atomic mass is 32.1. The lowest BCUT2D eigenvalue weighted by Crippen LogP contribution is -2.49. The number of carbonyl (C=O) groups is 2. The van der Waals surface area contributed by atoms with Gasteiger partial charge in [0.2, 0.25) is 0 Å². The van der Waals surface area contributed by atoms with Crippen LogP contribution in [-0.2, 0) is 11.2 Å². The molecule has 1 N–H and O–H groups in total. The zero-order valence-electron chi connectivity index (χ0n) is 12.9. The molecule has 1 aliphatic rings. The van der Waals surface area contributed by atoms with E-state index in [4.69, 9.17) is 0 Å². The second-order valence-corrected chi connectivity index (χ2v) is 6.86. The predicted octanol–water partition coefficient (Wildman–Crippen LogP) is 3.33. The van der Waals surface area contributed by atoms with E-state index in [1.54, 1.807) is 4.90 Å². The molecule has 1 aromatic heterocycles. The predicted molar refractivity (Wildman–Crippen MR) is 83.9 cm³/mol. The van der Waals surface area contributed by atoms with E-state index >= 15 is 0 Å². The number of aliphatic carboxylic acids is 1. The molecule has 1 aromatic rings. The lowest BCUT2D eigenvalue weighted by atomic mass is 9.89. The number of piperidine rings is 1. The van der Waals surface area contributed by atoms with Crippen LogP contribution in [0.4, 0.5) is 0 Å². The number of hydrogen-bond donors (Lipinski definition) is 1. The number of aryl methyl sites for hydroxylation is 2. The summed E-state index contributed by atoms with van der Waals surface area (Å²) in [6.07, 6.45) is 3.35. The smallest absolute Gasteiger partial charge is 0.326 e. The third-order valence-corrected chi connectivity index (χ3v) is 5.76. The minimum atomic E-state index is -0.884. The molecule has 1 amide bonds. The molecule has 0 aliphatic carbocycles. The van der Waals surface area contributed by atoms with Crippen molar-refractivity contribution in [1.82, 2.24) is 4.90 Å². The van der Waals surface area contributed by atoms with Gasteiger partial charge in [-0.15, -0.1) is 11.3 Å². The molecule has 21 heavy (non-hydrogen) atoms. The molecule has 0 spiro atoms. The van der Waals surface area contributed by atoms with Crippen LogP contribution < -0.4 is 0 Å². The van der Waals surface area contributed by atoms with Crippen molar-refractivity contribution in [2.45, 2.75) is 52.5 Å². The van der Waals surface area contributed by atoms with E-state index in [0.29, 0.717) is 23.8 Å². The SMILES string of the molecule is CCc1sc(C(=O)N2CCC(CC)CC2C(=O)O)cc1C. The Kier molecular flexibility index (Phi) is 5.04. The molecule has 2 unspecified atom stereocenters. The van der Waals surface area contributed by atoms with E-state index in [-0.39, 0.29) is 5.91 Å². The first-order valence-electron chi connectivity index (χ1n) is 7.60. The van der Waals surface area contributed by atoms with Gasteiger partial charge in [-0.1, -0.05) is 20.3 Å². The number of hydrogen-bond acceptors (Lipinski definition) is 3. The summed E-state index contributed by atoms with van der Waals surface area (Å²) in [7, 11) is 0. The van der Waals surface area contributed by atoms with Gasteiger partial charge in [0.15, 0.2) is 0 Å². The maximum atomic E-state index is 12.7. The molecule has 116 valence electrons. The van der Waals surface area contributed by atoms with Crippen LogP contribution in [0.15, 0.2) is 6.07 Å². The number of carboxylic acid groups (broad SMARTS) is 1. The average molecular weight is 309 g/mol. The van der Waals surface area contributed by atoms with Crippen molar-refractivity contribution in [3.8, 4) is 0 Å². The van der Waals surface area contributed by atoms with Crippen LogP contribution in [0.2, 0.25) is 0 Å². The molecule has 1 aliphatic heterocycles. The molecule has 1 saturated heterocycles. The molecule has 0 saturated carbocycles. The molecule has 5 heteroatoms. The molecule has 0 bridgehead atoms. The van der Waals surface area contributed by atoms with Crippen LogP contribution in [0.5, 0.6) is 0 Å². The van der Waals surface area contributed by atoms with Crippen molar-refractivity contribution in [2.24, 2.45) is 5.92 Å². The van der Waals surface area contributed by atoms with Gasteiger partial charge in [-0.05, 0) is 43.7 Å². The molecule has 4 nitrogen and oxygen atoms in total. The van der Waals surface area contributed by atoms with Crippen molar-refractivity contribution in [3.63, 3.8) is 0 Å². The summed E-state index contributed by atoms with van der Waals surface area (Å²) in [5.74, 6) is -0.596. The Hall–Kier alpha value is -1.36. The number of nitrogens with zero attached hydrogens (tertiary/aromatic N) is 1. The maximum absolute atomic E-state index is 12.7. The molecule has 2 atom stereocenters. The van der Waals surface area contributed by atoms with E-state index in [2.05, 4.69) is 13.8 Å². The Bertz CT molecular complexity index is 538. The quantitative estimate of drug-likeness (QED) is 0.928. The van der Waals surface area contributed by atoms with Gasteiger partial charge in [0.1, 0.15) is 6.04 Å². The minimum Gasteiger partial charge on any atom is -0.480 e. The third kappa shape index (κ3) is 3.28. The van der Waals surface area contributed by atoms with E-state index in [9.17, 15) is 14.7 Å². The van der Waals surface area contributed by atoms with Gasteiger partial charge < -0.3 is 10.0 Å². The zero-order valence-corrected chi connectivity index (χ0v) is 13.7. The van der Waals surface area contributed by atoms with E-state index < -0.39 is 12.0 Å². The summed E-state index contributed by atoms with van der Waals surface area (Å²) < 4.78 is 0. The van der Waals surface area contributed by atoms with Crippen molar-refractivity contribution in [3.05, 3.63) is 21.4 Å². The number of likely N-dealkylation sites (tertiary alicyclic amines) is 1. The normalized spacial score (nSPS) is 22.3. The molecule has 0 aromatic carbocycles. The number of carboxylic acids is 1. The highest BCUT2D eigenvalue weighted by Crippen LogP contribution is 2.29. The highest BCUT2D eigenvalue weighted by molar-refractivity contribution is 7.14. The fraction of sp³-hybridized carbons (Fsp3) is 0.625. The van der Waals surface area contributed by atoms with E-state index in [0.717, 1.165) is 24.8 Å². The van der Waals surface area contributed by atoms with Crippen LogP contribution >= 0.6 is 11.3 Å². The standard InChI is InChI=1S/C16H23NO3S/c1-4-11-6-7-17(12(9-11)16(19)20)15(18)14-8-10(3)13(5-2)21-14/h8,11-12H,4-7,9H2,1-3H3,(H,19,20). The summed E-state index contributed by atoms with van der Waals surface area (Å²) >= 11 is 1.50. The first-order valence-corrected chi connectivity index (χ1v) is 8.42. The summed E-state index contributed by atoms with van der Waals surface area (Å²) in [5, 5.41) is 9.43. The Morgan fingerprint density at radius 3 is 2.67 bits per heavy atom. The Morgan fingerprint density at radius 2 is 2.14 bits per heavy atom. The third-order valence-electron chi connectivity index (χ3n) is 4.39. The van der Waals surface area contributed by atoms with Gasteiger partial charge in [0, 0.05) is 11.4 Å². The van der Waals surface area contributed by atoms with Gasteiger partial charge >= 0.3 is 5.97 Å². The number of thiophene rings is 1. The van der Waals surface area contributed by atoms with Gasteiger partial charge in [0.25, 0.3) is 5.91 Å². The molecular formula is C16H23NO3S. The van der Waals surface area contributed by atoms with Crippen LogP contribution in [0, 0.1) is 12.8 Å². The topological polar surface area (TPSA) is 57.6 Å². The van der Waals surface area contributed by atoms with Crippen LogP contribution in [0.3, 0.4) is 0 Å². The Balaban J connectivity index is 2.21. The first kappa shape index (κ1) is 16.0. The lowest BCUT2D eigenvalue weighted by molar-refractivity contribution is -0.144. The molecular weight excluding hydrogens is 286 g/mol. The fourth-order valence-corrected chi connectivity index (χ4v) is 4.07. The first-order chi connectivity index (χ1) is 9.97. The van der Waals surface area contributed by atoms with Crippen LogP contribution in [0.1, 0.15) is 53.2 Å². The van der Waals surface area contributed by atoms with E-state index in [1.165, 1.54) is 16.2 Å². The van der Waals surface area contributed by atoms with Gasteiger partial charge in [-0.25, -0.2) is 4.79 Å². The largest absolute Gasteiger partial charge is 0.480 e. The molecule has 1 fully saturated rings. The second kappa shape index (κ2) is 6.60. The Labute approximate surface area is 129 Å². The van der Waals surface area contributed by atoms with Crippen molar-refractivity contribution in [2.75, 3.05) is 6.54 Å². The van der Waals surface area contributed by atoms with Gasteiger partial charge in [-0.3, -0.25) is 4.79 Å². The average Bonchev–Trinajstić information content (AvgIpc) is 2.86. The van der Waals surface area contributed by atoms with E-state index in [1.807, 2.05) is 13.0 Å². The lowest BCUT2D eigenvalue weighted by Gasteiger charge is -2.36. The maximum Gasteiger partial charge on any atom is 0.326 e. The second-order valence-electron chi connectivity index (χ2n) is 5.72. The molecule has 0 radical (unpaired) electrons. The number of rotatable bonds is 4. The van der Waals surface area contributed by atoms with Crippen molar-refractivity contribution >= 4 is 23.2 Å². The van der Waals surface area contributed by atoms with Crippen LogP contribution in [-0.4, -0.2) is 34.5 Å².